The summed E-state index contributed by atoms with van der Waals surface area (Å²) in [5, 5.41) is 9.48. The Morgan fingerprint density at radius 3 is 2.86 bits per heavy atom. The maximum Gasteiger partial charge on any atom is 0.226 e. The topological polar surface area (TPSA) is 59.0 Å². The third kappa shape index (κ3) is 3.27. The smallest absolute Gasteiger partial charge is 0.226 e. The van der Waals surface area contributed by atoms with Crippen molar-refractivity contribution in [1.29, 1.82) is 5.26 Å². The molecule has 2 aromatic carbocycles. The van der Waals surface area contributed by atoms with Gasteiger partial charge >= 0.3 is 0 Å². The van der Waals surface area contributed by atoms with Crippen LogP contribution in [0.5, 0.6) is 5.75 Å². The van der Waals surface area contributed by atoms with Crippen molar-refractivity contribution in [3.8, 4) is 23.3 Å². The first-order chi connectivity index (χ1) is 10.7. The van der Waals surface area contributed by atoms with E-state index in [1.54, 1.807) is 42.7 Å². The van der Waals surface area contributed by atoms with Crippen LogP contribution < -0.4 is 4.74 Å². The summed E-state index contributed by atoms with van der Waals surface area (Å²) in [6.07, 6.45) is 1.55. The summed E-state index contributed by atoms with van der Waals surface area (Å²) in [7, 11) is 0. The number of halogens is 1. The number of hydrogen-bond acceptors (Lipinski definition) is 4. The molecule has 0 unspecified atom stereocenters. The monoisotopic (exact) mass is 310 g/mol. The van der Waals surface area contributed by atoms with Crippen LogP contribution >= 0.6 is 11.6 Å². The van der Waals surface area contributed by atoms with Gasteiger partial charge in [-0.2, -0.15) is 5.26 Å². The van der Waals surface area contributed by atoms with Crippen LogP contribution in [0.3, 0.4) is 0 Å². The van der Waals surface area contributed by atoms with Crippen molar-refractivity contribution in [3.05, 3.63) is 71.1 Å². The van der Waals surface area contributed by atoms with Crippen molar-refractivity contribution in [3.63, 3.8) is 0 Å². The zero-order chi connectivity index (χ0) is 15.4. The highest BCUT2D eigenvalue weighted by atomic mass is 35.5. The number of ether oxygens (including phenoxy) is 1. The molecular formula is C17H11ClN2O2. The van der Waals surface area contributed by atoms with Gasteiger partial charge in [0.05, 0.1) is 11.6 Å². The number of nitriles is 1. The van der Waals surface area contributed by atoms with Gasteiger partial charge in [-0.3, -0.25) is 0 Å². The summed E-state index contributed by atoms with van der Waals surface area (Å²) >= 11 is 5.95. The molecule has 3 aromatic rings. The van der Waals surface area contributed by atoms with Gasteiger partial charge in [-0.15, -0.1) is 0 Å². The lowest BCUT2D eigenvalue weighted by molar-refractivity contribution is 0.301. The maximum absolute atomic E-state index is 8.86. The van der Waals surface area contributed by atoms with Crippen LogP contribution in [0.2, 0.25) is 5.02 Å². The van der Waals surface area contributed by atoms with Gasteiger partial charge in [0.2, 0.25) is 5.89 Å². The largest absolute Gasteiger partial charge is 0.487 e. The molecular weight excluding hydrogens is 300 g/mol. The second-order valence-electron chi connectivity index (χ2n) is 4.58. The van der Waals surface area contributed by atoms with Gasteiger partial charge < -0.3 is 9.15 Å². The van der Waals surface area contributed by atoms with Gasteiger partial charge in [-0.1, -0.05) is 23.7 Å². The molecule has 0 N–H and O–H groups in total. The lowest BCUT2D eigenvalue weighted by atomic mass is 10.2. The van der Waals surface area contributed by atoms with E-state index in [0.717, 1.165) is 5.56 Å². The highest BCUT2D eigenvalue weighted by molar-refractivity contribution is 6.30. The van der Waals surface area contributed by atoms with Crippen molar-refractivity contribution in [2.45, 2.75) is 6.61 Å². The number of rotatable bonds is 4. The third-order valence-corrected chi connectivity index (χ3v) is 3.21. The quantitative estimate of drug-likeness (QED) is 0.714. The Hall–Kier alpha value is -2.77. The zero-order valence-corrected chi connectivity index (χ0v) is 12.2. The van der Waals surface area contributed by atoms with Gasteiger partial charge in [0.15, 0.2) is 0 Å². The average molecular weight is 311 g/mol. The summed E-state index contributed by atoms with van der Waals surface area (Å²) in [6, 6.07) is 16.3. The molecule has 0 aliphatic heterocycles. The van der Waals surface area contributed by atoms with Crippen LogP contribution in [0, 0.1) is 11.3 Å². The average Bonchev–Trinajstić information content (AvgIpc) is 3.02. The van der Waals surface area contributed by atoms with Gasteiger partial charge in [-0.05, 0) is 36.4 Å². The Labute approximate surface area is 132 Å². The molecule has 22 heavy (non-hydrogen) atoms. The van der Waals surface area contributed by atoms with Gasteiger partial charge in [0.25, 0.3) is 0 Å². The number of aromatic nitrogens is 1. The number of benzene rings is 2. The molecule has 0 saturated heterocycles. The summed E-state index contributed by atoms with van der Waals surface area (Å²) in [5.41, 5.74) is 2.03. The fourth-order valence-electron chi connectivity index (χ4n) is 1.94. The molecule has 108 valence electrons. The standard InChI is InChI=1S/C17H11ClN2O2/c18-14-5-2-4-13(8-14)17-20-15(11-22-17)10-21-16-6-1-3-12(7-16)9-19/h1-8,11H,10H2. The van der Waals surface area contributed by atoms with E-state index in [2.05, 4.69) is 11.1 Å². The SMILES string of the molecule is N#Cc1cccc(OCc2coc(-c3cccc(Cl)c3)n2)c1. The molecule has 3 rings (SSSR count). The molecule has 0 aliphatic carbocycles. The van der Waals surface area contributed by atoms with Crippen LogP contribution in [0.1, 0.15) is 11.3 Å². The lowest BCUT2D eigenvalue weighted by Crippen LogP contribution is -1.96. The van der Waals surface area contributed by atoms with Crippen molar-refractivity contribution in [2.75, 3.05) is 0 Å². The summed E-state index contributed by atoms with van der Waals surface area (Å²) in [6.45, 7) is 0.263. The molecule has 4 nitrogen and oxygen atoms in total. The van der Waals surface area contributed by atoms with E-state index in [9.17, 15) is 0 Å². The number of oxazole rings is 1. The molecule has 0 amide bonds. The van der Waals surface area contributed by atoms with E-state index in [1.807, 2.05) is 12.1 Å². The van der Waals surface area contributed by atoms with Gasteiger partial charge in [-0.25, -0.2) is 4.98 Å². The minimum absolute atomic E-state index is 0.263. The predicted molar refractivity (Wildman–Crippen MR) is 82.4 cm³/mol. The molecule has 0 radical (unpaired) electrons. The number of hydrogen-bond donors (Lipinski definition) is 0. The number of nitrogens with zero attached hydrogens (tertiary/aromatic N) is 2. The molecule has 0 aliphatic rings. The van der Waals surface area contributed by atoms with Gasteiger partial charge in [0.1, 0.15) is 24.3 Å². The van der Waals surface area contributed by atoms with E-state index in [4.69, 9.17) is 26.0 Å². The first kappa shape index (κ1) is 14.2. The Morgan fingerprint density at radius 2 is 2.05 bits per heavy atom. The summed E-state index contributed by atoms with van der Waals surface area (Å²) in [5.74, 6) is 1.11. The molecule has 0 atom stereocenters. The second kappa shape index (κ2) is 6.33. The summed E-state index contributed by atoms with van der Waals surface area (Å²) in [4.78, 5) is 4.36. The first-order valence-electron chi connectivity index (χ1n) is 6.58. The van der Waals surface area contributed by atoms with E-state index in [1.165, 1.54) is 0 Å². The van der Waals surface area contributed by atoms with Crippen LogP contribution in [-0.4, -0.2) is 4.98 Å². The van der Waals surface area contributed by atoms with Crippen molar-refractivity contribution < 1.29 is 9.15 Å². The Bertz CT molecular complexity index is 836. The minimum atomic E-state index is 0.263. The molecule has 0 spiro atoms. The van der Waals surface area contributed by atoms with Crippen molar-refractivity contribution >= 4 is 11.6 Å². The fraction of sp³-hybridized carbons (Fsp3) is 0.0588. The van der Waals surface area contributed by atoms with Gasteiger partial charge in [0, 0.05) is 10.6 Å². The Balaban J connectivity index is 1.71. The van der Waals surface area contributed by atoms with Crippen LogP contribution in [0.15, 0.2) is 59.2 Å². The summed E-state index contributed by atoms with van der Waals surface area (Å²) < 4.78 is 11.0. The molecule has 1 heterocycles. The first-order valence-corrected chi connectivity index (χ1v) is 6.96. The van der Waals surface area contributed by atoms with Crippen molar-refractivity contribution in [1.82, 2.24) is 4.98 Å². The van der Waals surface area contributed by atoms with E-state index < -0.39 is 0 Å². The van der Waals surface area contributed by atoms with E-state index in [0.29, 0.717) is 27.9 Å². The molecule has 5 heteroatoms. The predicted octanol–water partition coefficient (Wildman–Crippen LogP) is 4.45. The molecule has 0 bridgehead atoms. The van der Waals surface area contributed by atoms with Crippen LogP contribution in [-0.2, 0) is 6.61 Å². The Morgan fingerprint density at radius 1 is 1.18 bits per heavy atom. The Kier molecular flexibility index (Phi) is 4.08. The maximum atomic E-state index is 8.86. The highest BCUT2D eigenvalue weighted by Crippen LogP contribution is 2.22. The zero-order valence-electron chi connectivity index (χ0n) is 11.5. The van der Waals surface area contributed by atoms with E-state index >= 15 is 0 Å². The third-order valence-electron chi connectivity index (χ3n) is 2.97. The second-order valence-corrected chi connectivity index (χ2v) is 5.02. The minimum Gasteiger partial charge on any atom is -0.487 e. The molecule has 0 saturated carbocycles. The van der Waals surface area contributed by atoms with Crippen LogP contribution in [0.4, 0.5) is 0 Å². The van der Waals surface area contributed by atoms with Crippen LogP contribution in [0.25, 0.3) is 11.5 Å². The lowest BCUT2D eigenvalue weighted by Gasteiger charge is -2.03. The molecule has 1 aromatic heterocycles. The fourth-order valence-corrected chi connectivity index (χ4v) is 2.13. The highest BCUT2D eigenvalue weighted by Gasteiger charge is 2.08. The molecule has 0 fully saturated rings. The normalized spacial score (nSPS) is 10.2. The van der Waals surface area contributed by atoms with Crippen molar-refractivity contribution in [2.24, 2.45) is 0 Å². The van der Waals surface area contributed by atoms with E-state index in [-0.39, 0.29) is 6.61 Å².